The zero-order chi connectivity index (χ0) is 15.9. The van der Waals surface area contributed by atoms with Crippen LogP contribution in [0.2, 0.25) is 0 Å². The first kappa shape index (κ1) is 17.7. The van der Waals surface area contributed by atoms with Gasteiger partial charge in [-0.05, 0) is 44.6 Å². The minimum atomic E-state index is -0.211. The molecule has 1 aromatic rings. The number of nitrogens with zero attached hydrogens (tertiary/aromatic N) is 1. The molecule has 0 aromatic heterocycles. The molecule has 4 heteroatoms. The van der Waals surface area contributed by atoms with Crippen molar-refractivity contribution in [2.24, 2.45) is 5.41 Å². The van der Waals surface area contributed by atoms with E-state index < -0.39 is 0 Å². The molecule has 0 aliphatic heterocycles. The van der Waals surface area contributed by atoms with E-state index in [4.69, 9.17) is 0 Å². The summed E-state index contributed by atoms with van der Waals surface area (Å²) in [6.45, 7) is 5.51. The van der Waals surface area contributed by atoms with Crippen molar-refractivity contribution >= 4 is 5.91 Å². The normalized spacial score (nSPS) is 11.7. The van der Waals surface area contributed by atoms with Gasteiger partial charge in [-0.2, -0.15) is 0 Å². The Morgan fingerprint density at radius 2 is 1.95 bits per heavy atom. The van der Waals surface area contributed by atoms with Crippen LogP contribution in [0.3, 0.4) is 0 Å². The number of carbonyl (C=O) groups excluding carboxylic acids is 1. The van der Waals surface area contributed by atoms with Gasteiger partial charge >= 0.3 is 0 Å². The number of aliphatic hydroxyl groups excluding tert-OH is 1. The van der Waals surface area contributed by atoms with Crippen LogP contribution in [-0.2, 0) is 6.54 Å². The lowest BCUT2D eigenvalue weighted by molar-refractivity contribution is 0.0851. The van der Waals surface area contributed by atoms with Crippen molar-refractivity contribution in [1.82, 2.24) is 10.2 Å². The van der Waals surface area contributed by atoms with Gasteiger partial charge in [0.25, 0.3) is 5.91 Å². The average Bonchev–Trinajstić information content (AvgIpc) is 2.48. The van der Waals surface area contributed by atoms with Crippen LogP contribution in [0.15, 0.2) is 24.3 Å². The van der Waals surface area contributed by atoms with Gasteiger partial charge in [-0.1, -0.05) is 26.0 Å². The molecule has 0 heterocycles. The Kier molecular flexibility index (Phi) is 6.85. The molecule has 0 bridgehead atoms. The zero-order valence-electron chi connectivity index (χ0n) is 13.6. The molecule has 0 radical (unpaired) electrons. The largest absolute Gasteiger partial charge is 0.396 e. The van der Waals surface area contributed by atoms with Gasteiger partial charge in [0.1, 0.15) is 0 Å². The standard InChI is InChI=1S/C17H28N2O2/c1-5-17(6-2,13-20)12-18-16(21)15-9-7-8-14(10-15)11-19(3)4/h7-10,20H,5-6,11-13H2,1-4H3,(H,18,21). The molecule has 21 heavy (non-hydrogen) atoms. The summed E-state index contributed by atoms with van der Waals surface area (Å²) in [5.41, 5.74) is 1.58. The Balaban J connectivity index is 2.71. The fourth-order valence-corrected chi connectivity index (χ4v) is 2.33. The summed E-state index contributed by atoms with van der Waals surface area (Å²) in [4.78, 5) is 14.3. The first-order valence-electron chi connectivity index (χ1n) is 7.59. The second kappa shape index (κ2) is 8.15. The maximum absolute atomic E-state index is 12.3. The molecule has 0 fully saturated rings. The second-order valence-corrected chi connectivity index (χ2v) is 5.99. The number of nitrogens with one attached hydrogen (secondary N) is 1. The van der Waals surface area contributed by atoms with E-state index in [1.807, 2.05) is 52.2 Å². The maximum Gasteiger partial charge on any atom is 0.251 e. The Bertz CT molecular complexity index is 446. The highest BCUT2D eigenvalue weighted by Gasteiger charge is 2.25. The summed E-state index contributed by atoms with van der Waals surface area (Å²) < 4.78 is 0. The molecular formula is C17H28N2O2. The third kappa shape index (κ3) is 5.14. The molecule has 0 unspecified atom stereocenters. The van der Waals surface area contributed by atoms with Crippen molar-refractivity contribution in [3.8, 4) is 0 Å². The number of carbonyl (C=O) groups is 1. The number of amides is 1. The second-order valence-electron chi connectivity index (χ2n) is 5.99. The van der Waals surface area contributed by atoms with E-state index in [0.717, 1.165) is 24.9 Å². The monoisotopic (exact) mass is 292 g/mol. The Labute approximate surface area is 128 Å². The van der Waals surface area contributed by atoms with Gasteiger partial charge < -0.3 is 15.3 Å². The molecule has 4 nitrogen and oxygen atoms in total. The molecule has 0 atom stereocenters. The number of hydrogen-bond donors (Lipinski definition) is 2. The first-order valence-corrected chi connectivity index (χ1v) is 7.59. The van der Waals surface area contributed by atoms with Crippen molar-refractivity contribution in [3.05, 3.63) is 35.4 Å². The van der Waals surface area contributed by atoms with Crippen LogP contribution in [0.1, 0.15) is 42.6 Å². The van der Waals surface area contributed by atoms with E-state index >= 15 is 0 Å². The topological polar surface area (TPSA) is 52.6 Å². The number of aliphatic hydroxyl groups is 1. The quantitative estimate of drug-likeness (QED) is 0.773. The Hall–Kier alpha value is -1.39. The van der Waals surface area contributed by atoms with Crippen LogP contribution in [-0.4, -0.2) is 43.2 Å². The number of hydrogen-bond acceptors (Lipinski definition) is 3. The Morgan fingerprint density at radius 1 is 1.29 bits per heavy atom. The minimum Gasteiger partial charge on any atom is -0.396 e. The predicted molar refractivity (Wildman–Crippen MR) is 86.3 cm³/mol. The molecule has 0 saturated heterocycles. The van der Waals surface area contributed by atoms with Gasteiger partial charge in [0.15, 0.2) is 0 Å². The molecule has 0 spiro atoms. The summed E-state index contributed by atoms with van der Waals surface area (Å²) in [5, 5.41) is 12.5. The van der Waals surface area contributed by atoms with E-state index in [-0.39, 0.29) is 17.9 Å². The van der Waals surface area contributed by atoms with Crippen molar-refractivity contribution < 1.29 is 9.90 Å². The van der Waals surface area contributed by atoms with Crippen LogP contribution >= 0.6 is 0 Å². The number of benzene rings is 1. The lowest BCUT2D eigenvalue weighted by Gasteiger charge is -2.29. The van der Waals surface area contributed by atoms with Gasteiger partial charge in [0, 0.05) is 24.1 Å². The molecule has 0 saturated carbocycles. The molecule has 1 amide bonds. The van der Waals surface area contributed by atoms with Crippen molar-refractivity contribution in [2.75, 3.05) is 27.2 Å². The van der Waals surface area contributed by atoms with Crippen LogP contribution in [0.4, 0.5) is 0 Å². The van der Waals surface area contributed by atoms with Crippen LogP contribution < -0.4 is 5.32 Å². The van der Waals surface area contributed by atoms with Gasteiger partial charge in [-0.3, -0.25) is 4.79 Å². The van der Waals surface area contributed by atoms with Crippen LogP contribution in [0.25, 0.3) is 0 Å². The molecule has 0 aliphatic carbocycles. The molecule has 0 aliphatic rings. The summed E-state index contributed by atoms with van der Waals surface area (Å²) in [5.74, 6) is -0.0738. The third-order valence-corrected chi connectivity index (χ3v) is 4.15. The average molecular weight is 292 g/mol. The maximum atomic E-state index is 12.3. The smallest absolute Gasteiger partial charge is 0.251 e. The molecule has 1 rings (SSSR count). The SMILES string of the molecule is CCC(CC)(CO)CNC(=O)c1cccc(CN(C)C)c1. The van der Waals surface area contributed by atoms with E-state index in [1.54, 1.807) is 0 Å². The van der Waals surface area contributed by atoms with E-state index in [1.165, 1.54) is 0 Å². The van der Waals surface area contributed by atoms with Crippen molar-refractivity contribution in [1.29, 1.82) is 0 Å². The minimum absolute atomic E-state index is 0.0738. The van der Waals surface area contributed by atoms with E-state index in [9.17, 15) is 9.90 Å². The Morgan fingerprint density at radius 3 is 2.48 bits per heavy atom. The molecular weight excluding hydrogens is 264 g/mol. The van der Waals surface area contributed by atoms with Crippen LogP contribution in [0, 0.1) is 5.41 Å². The lowest BCUT2D eigenvalue weighted by Crippen LogP contribution is -2.39. The summed E-state index contributed by atoms with van der Waals surface area (Å²) >= 11 is 0. The van der Waals surface area contributed by atoms with Gasteiger partial charge in [0.05, 0.1) is 6.61 Å². The van der Waals surface area contributed by atoms with E-state index in [2.05, 4.69) is 10.2 Å². The van der Waals surface area contributed by atoms with Crippen molar-refractivity contribution in [2.45, 2.75) is 33.2 Å². The summed E-state index contributed by atoms with van der Waals surface area (Å²) in [6.07, 6.45) is 1.70. The lowest BCUT2D eigenvalue weighted by atomic mass is 9.83. The molecule has 1 aromatic carbocycles. The van der Waals surface area contributed by atoms with Crippen molar-refractivity contribution in [3.63, 3.8) is 0 Å². The molecule has 2 N–H and O–H groups in total. The number of rotatable bonds is 8. The van der Waals surface area contributed by atoms with Gasteiger partial charge in [0.2, 0.25) is 0 Å². The highest BCUT2D eigenvalue weighted by atomic mass is 16.3. The third-order valence-electron chi connectivity index (χ3n) is 4.15. The molecule has 118 valence electrons. The van der Waals surface area contributed by atoms with Crippen LogP contribution in [0.5, 0.6) is 0 Å². The predicted octanol–water partition coefficient (Wildman–Crippen LogP) is 2.28. The van der Waals surface area contributed by atoms with E-state index in [0.29, 0.717) is 12.1 Å². The fraction of sp³-hybridized carbons (Fsp3) is 0.588. The fourth-order valence-electron chi connectivity index (χ4n) is 2.33. The zero-order valence-corrected chi connectivity index (χ0v) is 13.6. The highest BCUT2D eigenvalue weighted by molar-refractivity contribution is 5.94. The first-order chi connectivity index (χ1) is 9.96. The van der Waals surface area contributed by atoms with Gasteiger partial charge in [-0.15, -0.1) is 0 Å². The highest BCUT2D eigenvalue weighted by Crippen LogP contribution is 2.24. The summed E-state index contributed by atoms with van der Waals surface area (Å²) in [6, 6.07) is 7.68. The van der Waals surface area contributed by atoms with Gasteiger partial charge in [-0.25, -0.2) is 0 Å². The summed E-state index contributed by atoms with van der Waals surface area (Å²) in [7, 11) is 4.01.